The van der Waals surface area contributed by atoms with Gasteiger partial charge in [-0.2, -0.15) is 0 Å². The van der Waals surface area contributed by atoms with E-state index in [2.05, 4.69) is 5.32 Å². The van der Waals surface area contributed by atoms with Crippen LogP contribution < -0.4 is 5.32 Å². The molecule has 0 unspecified atom stereocenters. The highest BCUT2D eigenvalue weighted by atomic mass is 16.4. The van der Waals surface area contributed by atoms with Crippen molar-refractivity contribution in [2.45, 2.75) is 31.2 Å². The van der Waals surface area contributed by atoms with Gasteiger partial charge in [-0.15, -0.1) is 0 Å². The molecule has 4 amide bonds. The van der Waals surface area contributed by atoms with Crippen molar-refractivity contribution in [1.29, 1.82) is 0 Å². The number of hydrogen-bond acceptors (Lipinski definition) is 4. The molecule has 8 heteroatoms. The van der Waals surface area contributed by atoms with Gasteiger partial charge in [0.2, 0.25) is 5.91 Å². The second-order valence-electron chi connectivity index (χ2n) is 5.25. The Morgan fingerprint density at radius 3 is 2.50 bits per heavy atom. The molecule has 0 radical (unpaired) electrons. The second-order valence-corrected chi connectivity index (χ2v) is 5.25. The van der Waals surface area contributed by atoms with E-state index in [0.717, 1.165) is 22.6 Å². The quantitative estimate of drug-likeness (QED) is 0.670. The predicted molar refractivity (Wildman–Crippen MR) is 66.7 cm³/mol. The summed E-state index contributed by atoms with van der Waals surface area (Å²) < 4.78 is 0. The normalized spacial score (nSPS) is 20.4. The Morgan fingerprint density at radius 1 is 1.35 bits per heavy atom. The van der Waals surface area contributed by atoms with Crippen molar-refractivity contribution in [2.24, 2.45) is 0 Å². The number of carbonyl (C=O) groups excluding carboxylic acids is 3. The lowest BCUT2D eigenvalue weighted by molar-refractivity contribution is -0.144. The minimum Gasteiger partial charge on any atom is -0.480 e. The van der Waals surface area contributed by atoms with Crippen molar-refractivity contribution in [2.75, 3.05) is 20.1 Å². The van der Waals surface area contributed by atoms with Crippen LogP contribution in [0.3, 0.4) is 0 Å². The second kappa shape index (κ2) is 5.10. The number of aliphatic carboxylic acids is 1. The number of carboxylic acids is 1. The number of likely N-dealkylation sites (N-methyl/N-ethyl adjacent to an activating group) is 1. The zero-order chi connectivity index (χ0) is 14.9. The van der Waals surface area contributed by atoms with Crippen molar-refractivity contribution < 1.29 is 24.3 Å². The molecule has 2 aliphatic rings. The number of amides is 4. The summed E-state index contributed by atoms with van der Waals surface area (Å²) in [6.45, 7) is -0.885. The summed E-state index contributed by atoms with van der Waals surface area (Å²) in [6, 6.07) is -0.575. The molecular formula is C12H17N3O5. The Kier molecular flexibility index (Phi) is 3.65. The number of nitrogens with one attached hydrogen (secondary N) is 1. The number of imide groups is 1. The lowest BCUT2D eigenvalue weighted by Crippen LogP contribution is -2.46. The van der Waals surface area contributed by atoms with Crippen LogP contribution in [0.4, 0.5) is 4.79 Å². The number of rotatable bonds is 4. The summed E-state index contributed by atoms with van der Waals surface area (Å²) in [6.07, 6.45) is 2.92. The maximum Gasteiger partial charge on any atom is 0.325 e. The fourth-order valence-corrected chi connectivity index (χ4v) is 2.68. The molecule has 0 aromatic rings. The molecule has 8 nitrogen and oxygen atoms in total. The van der Waals surface area contributed by atoms with E-state index in [1.165, 1.54) is 7.05 Å². The maximum atomic E-state index is 12.3. The first-order chi connectivity index (χ1) is 9.35. The molecule has 1 spiro atoms. The zero-order valence-electron chi connectivity index (χ0n) is 11.2. The summed E-state index contributed by atoms with van der Waals surface area (Å²) in [5.74, 6) is -2.10. The number of hydrogen-bond donors (Lipinski definition) is 2. The average Bonchev–Trinajstić information content (AvgIpc) is 2.90. The van der Waals surface area contributed by atoms with Crippen molar-refractivity contribution in [3.8, 4) is 0 Å². The van der Waals surface area contributed by atoms with Gasteiger partial charge in [0.25, 0.3) is 5.91 Å². The van der Waals surface area contributed by atoms with Crippen LogP contribution in [-0.2, 0) is 14.4 Å². The molecule has 0 aromatic carbocycles. The molecule has 2 N–H and O–H groups in total. The van der Waals surface area contributed by atoms with Crippen LogP contribution >= 0.6 is 0 Å². The Morgan fingerprint density at radius 2 is 1.95 bits per heavy atom. The first-order valence-electron chi connectivity index (χ1n) is 6.45. The zero-order valence-corrected chi connectivity index (χ0v) is 11.2. The summed E-state index contributed by atoms with van der Waals surface area (Å²) in [5, 5.41) is 11.3. The molecule has 1 saturated heterocycles. The van der Waals surface area contributed by atoms with Crippen molar-refractivity contribution >= 4 is 23.8 Å². The Bertz CT molecular complexity index is 470. The lowest BCUT2D eigenvalue weighted by Gasteiger charge is -2.21. The van der Waals surface area contributed by atoms with Gasteiger partial charge in [0, 0.05) is 7.05 Å². The van der Waals surface area contributed by atoms with E-state index in [9.17, 15) is 19.2 Å². The smallest absolute Gasteiger partial charge is 0.325 e. The molecular weight excluding hydrogens is 266 g/mol. The molecule has 1 aliphatic carbocycles. The molecule has 2 fully saturated rings. The molecule has 1 saturated carbocycles. The first-order valence-corrected chi connectivity index (χ1v) is 6.45. The summed E-state index contributed by atoms with van der Waals surface area (Å²) in [4.78, 5) is 48.3. The van der Waals surface area contributed by atoms with Crippen LogP contribution in [0.5, 0.6) is 0 Å². The fraction of sp³-hybridized carbons (Fsp3) is 0.667. The molecule has 1 aliphatic heterocycles. The Hall–Kier alpha value is -2.12. The van der Waals surface area contributed by atoms with E-state index < -0.39 is 36.5 Å². The lowest BCUT2D eigenvalue weighted by atomic mass is 9.98. The predicted octanol–water partition coefficient (Wildman–Crippen LogP) is -0.606. The van der Waals surface area contributed by atoms with Crippen LogP contribution in [0, 0.1) is 0 Å². The topological polar surface area (TPSA) is 107 Å². The van der Waals surface area contributed by atoms with Crippen molar-refractivity contribution in [3.63, 3.8) is 0 Å². The van der Waals surface area contributed by atoms with Gasteiger partial charge in [0.1, 0.15) is 18.6 Å². The molecule has 0 atom stereocenters. The molecule has 2 rings (SSSR count). The van der Waals surface area contributed by atoms with Crippen molar-refractivity contribution in [1.82, 2.24) is 15.1 Å². The van der Waals surface area contributed by atoms with E-state index in [4.69, 9.17) is 5.11 Å². The number of urea groups is 1. The Labute approximate surface area is 115 Å². The van der Waals surface area contributed by atoms with E-state index in [1.54, 1.807) is 0 Å². The minimum atomic E-state index is -1.15. The Balaban J connectivity index is 2.02. The number of carboxylic acid groups (broad SMARTS) is 1. The summed E-state index contributed by atoms with van der Waals surface area (Å²) in [5.41, 5.74) is -0.845. The third-order valence-corrected chi connectivity index (χ3v) is 3.79. The standard InChI is InChI=1S/C12H17N3O5/c1-14(7-9(17)18)8(16)6-15-10(19)12(13-11(15)20)4-2-3-5-12/h2-7H2,1H3,(H,13,20)(H,17,18). The summed E-state index contributed by atoms with van der Waals surface area (Å²) >= 11 is 0. The SMILES string of the molecule is CN(CC(=O)O)C(=O)CN1C(=O)NC2(CCCC2)C1=O. The van der Waals surface area contributed by atoms with Crippen LogP contribution in [0.25, 0.3) is 0 Å². The fourth-order valence-electron chi connectivity index (χ4n) is 2.68. The molecule has 110 valence electrons. The third-order valence-electron chi connectivity index (χ3n) is 3.79. The molecule has 20 heavy (non-hydrogen) atoms. The van der Waals surface area contributed by atoms with Crippen LogP contribution in [0.2, 0.25) is 0 Å². The van der Waals surface area contributed by atoms with Gasteiger partial charge in [-0.3, -0.25) is 19.3 Å². The maximum absolute atomic E-state index is 12.3. The average molecular weight is 283 g/mol. The highest BCUT2D eigenvalue weighted by Crippen LogP contribution is 2.34. The van der Waals surface area contributed by atoms with Crippen LogP contribution in [0.1, 0.15) is 25.7 Å². The summed E-state index contributed by atoms with van der Waals surface area (Å²) in [7, 11) is 1.32. The van der Waals surface area contributed by atoms with Gasteiger partial charge in [0.05, 0.1) is 0 Å². The highest BCUT2D eigenvalue weighted by molar-refractivity contribution is 6.09. The first kappa shape index (κ1) is 14.3. The molecule has 0 bridgehead atoms. The van der Waals surface area contributed by atoms with Gasteiger partial charge >= 0.3 is 12.0 Å². The number of nitrogens with zero attached hydrogens (tertiary/aromatic N) is 2. The number of carbonyl (C=O) groups is 4. The minimum absolute atomic E-state index is 0.378. The third kappa shape index (κ3) is 2.45. The monoisotopic (exact) mass is 283 g/mol. The van der Waals surface area contributed by atoms with Gasteiger partial charge in [-0.05, 0) is 12.8 Å². The van der Waals surface area contributed by atoms with Crippen LogP contribution in [0.15, 0.2) is 0 Å². The molecule has 0 aromatic heterocycles. The van der Waals surface area contributed by atoms with Gasteiger partial charge in [0.15, 0.2) is 0 Å². The van der Waals surface area contributed by atoms with E-state index in [-0.39, 0.29) is 5.91 Å². The van der Waals surface area contributed by atoms with E-state index in [0.29, 0.717) is 12.8 Å². The van der Waals surface area contributed by atoms with Gasteiger partial charge < -0.3 is 15.3 Å². The van der Waals surface area contributed by atoms with Gasteiger partial charge in [-0.1, -0.05) is 12.8 Å². The molecule has 1 heterocycles. The van der Waals surface area contributed by atoms with Crippen LogP contribution in [-0.4, -0.2) is 64.4 Å². The highest BCUT2D eigenvalue weighted by Gasteiger charge is 2.52. The van der Waals surface area contributed by atoms with E-state index in [1.807, 2.05) is 0 Å². The van der Waals surface area contributed by atoms with E-state index >= 15 is 0 Å². The van der Waals surface area contributed by atoms with Gasteiger partial charge in [-0.25, -0.2) is 4.79 Å². The largest absolute Gasteiger partial charge is 0.480 e. The van der Waals surface area contributed by atoms with Crippen molar-refractivity contribution in [3.05, 3.63) is 0 Å².